The highest BCUT2D eigenvalue weighted by Crippen LogP contribution is 2.26. The van der Waals surface area contributed by atoms with E-state index in [-0.39, 0.29) is 5.56 Å². The molecular formula is C22H21NO2. The first-order valence-corrected chi connectivity index (χ1v) is 8.42. The molecule has 25 heavy (non-hydrogen) atoms. The lowest BCUT2D eigenvalue weighted by atomic mass is 10.1. The molecule has 1 saturated carbocycles. The fourth-order valence-electron chi connectivity index (χ4n) is 2.63. The molecule has 3 nitrogen and oxygen atoms in total. The van der Waals surface area contributed by atoms with Crippen molar-refractivity contribution in [2.75, 3.05) is 7.05 Å². The summed E-state index contributed by atoms with van der Waals surface area (Å²) in [5.41, 5.74) is 3.52. The van der Waals surface area contributed by atoms with E-state index in [0.717, 1.165) is 23.7 Å². The van der Waals surface area contributed by atoms with Gasteiger partial charge in [0.2, 0.25) is 0 Å². The number of nitrogens with zero attached hydrogens (tertiary/aromatic N) is 1. The number of carbonyl (C=O) groups is 1. The first-order chi connectivity index (χ1) is 12.1. The molecule has 3 heteroatoms. The summed E-state index contributed by atoms with van der Waals surface area (Å²) >= 11 is 0. The third kappa shape index (κ3) is 5.07. The quantitative estimate of drug-likeness (QED) is 0.841. The van der Waals surface area contributed by atoms with Gasteiger partial charge in [0.25, 0.3) is 0 Å². The zero-order chi connectivity index (χ0) is 17.6. The number of aromatic carboxylic acids is 1. The number of carboxylic acid groups (broad SMARTS) is 1. The Morgan fingerprint density at radius 3 is 2.44 bits per heavy atom. The zero-order valence-electron chi connectivity index (χ0n) is 14.3. The molecule has 2 aromatic rings. The molecule has 0 atom stereocenters. The minimum absolute atomic E-state index is 0.272. The van der Waals surface area contributed by atoms with Gasteiger partial charge in [-0.3, -0.25) is 4.90 Å². The Hall–Kier alpha value is -2.83. The molecule has 126 valence electrons. The van der Waals surface area contributed by atoms with Gasteiger partial charge in [-0.2, -0.15) is 0 Å². The Bertz CT molecular complexity index is 819. The van der Waals surface area contributed by atoms with Crippen molar-refractivity contribution in [1.82, 2.24) is 4.90 Å². The normalized spacial score (nSPS) is 13.7. The van der Waals surface area contributed by atoms with Crippen LogP contribution in [0.2, 0.25) is 0 Å². The number of allylic oxidation sites excluding steroid dienone is 1. The maximum absolute atomic E-state index is 10.8. The zero-order valence-corrected chi connectivity index (χ0v) is 14.3. The number of carboxylic acids is 1. The monoisotopic (exact) mass is 331 g/mol. The van der Waals surface area contributed by atoms with Gasteiger partial charge in [0.05, 0.1) is 5.56 Å². The van der Waals surface area contributed by atoms with Crippen molar-refractivity contribution in [3.63, 3.8) is 0 Å². The molecule has 0 saturated heterocycles. The lowest BCUT2D eigenvalue weighted by molar-refractivity contribution is 0.0697. The average Bonchev–Trinajstić information content (AvgIpc) is 3.46. The maximum atomic E-state index is 10.8. The third-order valence-corrected chi connectivity index (χ3v) is 4.29. The van der Waals surface area contributed by atoms with Gasteiger partial charge in [-0.05, 0) is 67.4 Å². The predicted molar refractivity (Wildman–Crippen MR) is 100 cm³/mol. The topological polar surface area (TPSA) is 40.5 Å². The molecule has 1 aliphatic rings. The second-order valence-electron chi connectivity index (χ2n) is 6.37. The summed E-state index contributed by atoms with van der Waals surface area (Å²) in [4.78, 5) is 13.2. The second kappa shape index (κ2) is 7.83. The van der Waals surface area contributed by atoms with Crippen LogP contribution >= 0.6 is 0 Å². The molecule has 0 aromatic heterocycles. The van der Waals surface area contributed by atoms with Crippen molar-refractivity contribution >= 4 is 12.0 Å². The van der Waals surface area contributed by atoms with Crippen LogP contribution in [0.4, 0.5) is 0 Å². The molecule has 0 spiro atoms. The minimum atomic E-state index is -0.925. The van der Waals surface area contributed by atoms with Crippen molar-refractivity contribution in [2.24, 2.45) is 0 Å². The van der Waals surface area contributed by atoms with Crippen LogP contribution in [0.15, 0.2) is 54.6 Å². The van der Waals surface area contributed by atoms with E-state index in [2.05, 4.69) is 48.1 Å². The van der Waals surface area contributed by atoms with Crippen molar-refractivity contribution < 1.29 is 9.90 Å². The summed E-state index contributed by atoms with van der Waals surface area (Å²) in [5.74, 6) is 5.06. The van der Waals surface area contributed by atoms with Gasteiger partial charge in [0, 0.05) is 18.2 Å². The number of hydrogen-bond donors (Lipinski definition) is 1. The number of rotatable bonds is 5. The molecular weight excluding hydrogens is 310 g/mol. The number of hydrogen-bond acceptors (Lipinski definition) is 2. The van der Waals surface area contributed by atoms with Crippen LogP contribution in [0, 0.1) is 11.8 Å². The predicted octanol–water partition coefficient (Wildman–Crippen LogP) is 4.04. The summed E-state index contributed by atoms with van der Waals surface area (Å²) in [6, 6.07) is 15.9. The summed E-state index contributed by atoms with van der Waals surface area (Å²) in [6.07, 6.45) is 6.45. The highest BCUT2D eigenvalue weighted by atomic mass is 16.4. The highest BCUT2D eigenvalue weighted by Gasteiger charge is 2.25. The van der Waals surface area contributed by atoms with E-state index in [1.54, 1.807) is 24.3 Å². The van der Waals surface area contributed by atoms with Crippen LogP contribution < -0.4 is 0 Å². The minimum Gasteiger partial charge on any atom is -0.478 e. The van der Waals surface area contributed by atoms with Crippen LogP contribution in [0.5, 0.6) is 0 Å². The number of benzene rings is 2. The summed E-state index contributed by atoms with van der Waals surface area (Å²) in [6.45, 7) is 1.00. The lowest BCUT2D eigenvalue weighted by Gasteiger charge is -2.15. The van der Waals surface area contributed by atoms with Crippen LogP contribution in [-0.4, -0.2) is 29.1 Å². The second-order valence-corrected chi connectivity index (χ2v) is 6.37. The maximum Gasteiger partial charge on any atom is 0.335 e. The first-order valence-electron chi connectivity index (χ1n) is 8.42. The van der Waals surface area contributed by atoms with E-state index >= 15 is 0 Å². The van der Waals surface area contributed by atoms with Gasteiger partial charge in [-0.15, -0.1) is 0 Å². The van der Waals surface area contributed by atoms with E-state index in [4.69, 9.17) is 5.11 Å². The van der Waals surface area contributed by atoms with Crippen molar-refractivity contribution in [2.45, 2.75) is 25.4 Å². The van der Waals surface area contributed by atoms with E-state index in [9.17, 15) is 4.79 Å². The largest absolute Gasteiger partial charge is 0.478 e. The molecule has 2 aromatic carbocycles. The Labute approximate surface area is 148 Å². The van der Waals surface area contributed by atoms with E-state index < -0.39 is 5.97 Å². The molecule has 0 heterocycles. The van der Waals surface area contributed by atoms with Crippen molar-refractivity contribution in [3.05, 3.63) is 76.9 Å². The summed E-state index contributed by atoms with van der Waals surface area (Å²) in [7, 11) is 2.18. The van der Waals surface area contributed by atoms with E-state index in [0.29, 0.717) is 0 Å². The van der Waals surface area contributed by atoms with E-state index in [1.165, 1.54) is 18.4 Å². The Morgan fingerprint density at radius 1 is 1.16 bits per heavy atom. The van der Waals surface area contributed by atoms with Crippen molar-refractivity contribution in [3.8, 4) is 11.8 Å². The fraction of sp³-hybridized carbons (Fsp3) is 0.227. The van der Waals surface area contributed by atoms with E-state index in [1.807, 2.05) is 12.2 Å². The van der Waals surface area contributed by atoms with Gasteiger partial charge < -0.3 is 5.11 Å². The smallest absolute Gasteiger partial charge is 0.335 e. The molecule has 0 aliphatic heterocycles. The van der Waals surface area contributed by atoms with Gasteiger partial charge >= 0.3 is 5.97 Å². The molecule has 1 aliphatic carbocycles. The SMILES string of the molecule is CN(Cc1ccc(/C=C/C#Cc2ccc(C(=O)O)cc2)cc1)C1CC1. The molecule has 1 N–H and O–H groups in total. The van der Waals surface area contributed by atoms with Crippen LogP contribution in [-0.2, 0) is 6.54 Å². The van der Waals surface area contributed by atoms with Crippen LogP contribution in [0.3, 0.4) is 0 Å². The Morgan fingerprint density at radius 2 is 1.84 bits per heavy atom. The molecule has 0 radical (unpaired) electrons. The summed E-state index contributed by atoms with van der Waals surface area (Å²) < 4.78 is 0. The third-order valence-electron chi connectivity index (χ3n) is 4.29. The molecule has 0 bridgehead atoms. The average molecular weight is 331 g/mol. The molecule has 3 rings (SSSR count). The summed E-state index contributed by atoms with van der Waals surface area (Å²) in [5, 5.41) is 8.86. The molecule has 0 amide bonds. The van der Waals surface area contributed by atoms with Gasteiger partial charge in [-0.25, -0.2) is 4.79 Å². The first kappa shape index (κ1) is 17.0. The van der Waals surface area contributed by atoms with Gasteiger partial charge in [-0.1, -0.05) is 36.1 Å². The highest BCUT2D eigenvalue weighted by molar-refractivity contribution is 5.87. The van der Waals surface area contributed by atoms with Gasteiger partial charge in [0.1, 0.15) is 0 Å². The van der Waals surface area contributed by atoms with Crippen LogP contribution in [0.25, 0.3) is 6.08 Å². The van der Waals surface area contributed by atoms with Crippen molar-refractivity contribution in [1.29, 1.82) is 0 Å². The lowest BCUT2D eigenvalue weighted by Crippen LogP contribution is -2.19. The molecule has 1 fully saturated rings. The Balaban J connectivity index is 1.56. The van der Waals surface area contributed by atoms with Crippen LogP contribution in [0.1, 0.15) is 39.9 Å². The Kier molecular flexibility index (Phi) is 5.33. The standard InChI is InChI=1S/C22H21NO2/c1-23(21-14-15-21)16-19-8-6-17(7-9-19)4-2-3-5-18-10-12-20(13-11-18)22(24)25/h2,4,6-13,21H,14-16H2,1H3,(H,24,25)/b4-2+. The fourth-order valence-corrected chi connectivity index (χ4v) is 2.63. The van der Waals surface area contributed by atoms with Gasteiger partial charge in [0.15, 0.2) is 0 Å². The molecule has 0 unspecified atom stereocenters.